The number of morpholine rings is 1. The van der Waals surface area contributed by atoms with Crippen molar-refractivity contribution in [3.63, 3.8) is 0 Å². The van der Waals surface area contributed by atoms with Gasteiger partial charge in [0.2, 0.25) is 0 Å². The summed E-state index contributed by atoms with van der Waals surface area (Å²) in [5.74, 6) is 0.614. The van der Waals surface area contributed by atoms with E-state index in [-0.39, 0.29) is 6.10 Å². The van der Waals surface area contributed by atoms with Crippen LogP contribution in [0.5, 0.6) is 5.75 Å². The fraction of sp³-hybridized carbons (Fsp3) is 0.500. The number of hydrogen-bond donors (Lipinski definition) is 1. The minimum absolute atomic E-state index is 0.0891. The fourth-order valence-electron chi connectivity index (χ4n) is 1.78. The van der Waals surface area contributed by atoms with Crippen LogP contribution in [0, 0.1) is 0 Å². The van der Waals surface area contributed by atoms with Gasteiger partial charge in [0.1, 0.15) is 18.5 Å². The molecule has 2 rings (SSSR count). The highest BCUT2D eigenvalue weighted by Crippen LogP contribution is 2.26. The maximum Gasteiger partial charge on any atom is 0.140 e. The molecule has 5 heteroatoms. The van der Waals surface area contributed by atoms with E-state index in [1.165, 1.54) is 0 Å². The standard InChI is InChI=1S/C12H17ClN2O2/c1-15-4-5-16-10(7-15)8-17-12-6-9(14)2-3-11(12)13/h2-3,6,10H,4-5,7-8,14H2,1H3. The molecule has 4 nitrogen and oxygen atoms in total. The minimum Gasteiger partial charge on any atom is -0.489 e. The first kappa shape index (κ1) is 12.5. The summed E-state index contributed by atoms with van der Waals surface area (Å²) in [5, 5.41) is 0.573. The van der Waals surface area contributed by atoms with Crippen molar-refractivity contribution in [1.82, 2.24) is 4.90 Å². The van der Waals surface area contributed by atoms with Gasteiger partial charge < -0.3 is 20.1 Å². The quantitative estimate of drug-likeness (QED) is 0.836. The number of nitrogens with two attached hydrogens (primary N) is 1. The molecule has 0 amide bonds. The van der Waals surface area contributed by atoms with Gasteiger partial charge in [-0.15, -0.1) is 0 Å². The number of benzene rings is 1. The average molecular weight is 257 g/mol. The Hall–Kier alpha value is -0.970. The van der Waals surface area contributed by atoms with Crippen LogP contribution in [-0.2, 0) is 4.74 Å². The smallest absolute Gasteiger partial charge is 0.140 e. The second kappa shape index (κ2) is 5.58. The van der Waals surface area contributed by atoms with Gasteiger partial charge in [-0.3, -0.25) is 0 Å². The molecule has 2 N–H and O–H groups in total. The molecular formula is C12H17ClN2O2. The molecule has 0 aliphatic carbocycles. The SMILES string of the molecule is CN1CCOC(COc2cc(N)ccc2Cl)C1. The van der Waals surface area contributed by atoms with Crippen molar-refractivity contribution in [2.24, 2.45) is 0 Å². The lowest BCUT2D eigenvalue weighted by Gasteiger charge is -2.29. The maximum atomic E-state index is 6.01. The van der Waals surface area contributed by atoms with Crippen LogP contribution in [0.4, 0.5) is 5.69 Å². The Morgan fingerprint density at radius 3 is 3.18 bits per heavy atom. The van der Waals surface area contributed by atoms with E-state index in [2.05, 4.69) is 11.9 Å². The molecule has 1 aliphatic rings. The van der Waals surface area contributed by atoms with E-state index in [0.29, 0.717) is 23.1 Å². The van der Waals surface area contributed by atoms with Crippen molar-refractivity contribution < 1.29 is 9.47 Å². The molecule has 1 aromatic rings. The van der Waals surface area contributed by atoms with Crippen LogP contribution in [0.3, 0.4) is 0 Å². The lowest BCUT2D eigenvalue weighted by Crippen LogP contribution is -2.42. The summed E-state index contributed by atoms with van der Waals surface area (Å²) in [6.45, 7) is 3.08. The number of rotatable bonds is 3. The van der Waals surface area contributed by atoms with Crippen molar-refractivity contribution in [2.45, 2.75) is 6.10 Å². The molecule has 0 saturated carbocycles. The zero-order valence-corrected chi connectivity index (χ0v) is 10.6. The highest BCUT2D eigenvalue weighted by molar-refractivity contribution is 6.32. The van der Waals surface area contributed by atoms with Crippen LogP contribution < -0.4 is 10.5 Å². The van der Waals surface area contributed by atoms with Crippen molar-refractivity contribution >= 4 is 17.3 Å². The molecule has 0 aromatic heterocycles. The number of likely N-dealkylation sites (N-methyl/N-ethyl adjacent to an activating group) is 1. The van der Waals surface area contributed by atoms with E-state index in [4.69, 9.17) is 26.8 Å². The Kier molecular flexibility index (Phi) is 4.10. The molecule has 1 unspecified atom stereocenters. The first-order chi connectivity index (χ1) is 8.15. The lowest BCUT2D eigenvalue weighted by atomic mass is 10.3. The van der Waals surface area contributed by atoms with E-state index < -0.39 is 0 Å². The molecule has 1 aliphatic heterocycles. The third kappa shape index (κ3) is 3.49. The molecule has 1 atom stereocenters. The largest absolute Gasteiger partial charge is 0.489 e. The summed E-state index contributed by atoms with van der Waals surface area (Å²) in [6.07, 6.45) is 0.0891. The topological polar surface area (TPSA) is 47.7 Å². The molecule has 1 fully saturated rings. The van der Waals surface area contributed by atoms with Gasteiger partial charge in [0.05, 0.1) is 11.6 Å². The van der Waals surface area contributed by atoms with Crippen molar-refractivity contribution in [3.05, 3.63) is 23.2 Å². The van der Waals surface area contributed by atoms with Gasteiger partial charge in [-0.05, 0) is 19.2 Å². The van der Waals surface area contributed by atoms with E-state index in [1.54, 1.807) is 18.2 Å². The summed E-state index contributed by atoms with van der Waals surface area (Å²) in [5.41, 5.74) is 6.32. The fourth-order valence-corrected chi connectivity index (χ4v) is 1.95. The van der Waals surface area contributed by atoms with Crippen LogP contribution in [0.15, 0.2) is 18.2 Å². The molecular weight excluding hydrogens is 240 g/mol. The van der Waals surface area contributed by atoms with E-state index >= 15 is 0 Å². The van der Waals surface area contributed by atoms with Gasteiger partial charge in [-0.25, -0.2) is 0 Å². The third-order valence-corrected chi connectivity index (χ3v) is 3.03. The van der Waals surface area contributed by atoms with Crippen molar-refractivity contribution in [3.8, 4) is 5.75 Å². The second-order valence-corrected chi connectivity index (χ2v) is 4.66. The maximum absolute atomic E-state index is 6.01. The number of ether oxygens (including phenoxy) is 2. The predicted octanol–water partition coefficient (Wildman–Crippen LogP) is 1.63. The van der Waals surface area contributed by atoms with E-state index in [9.17, 15) is 0 Å². The first-order valence-corrected chi connectivity index (χ1v) is 6.01. The van der Waals surface area contributed by atoms with E-state index in [1.807, 2.05) is 0 Å². The summed E-state index contributed by atoms with van der Waals surface area (Å²) in [4.78, 5) is 2.22. The Bertz CT molecular complexity index is 387. The number of anilines is 1. The summed E-state index contributed by atoms with van der Waals surface area (Å²) < 4.78 is 11.2. The van der Waals surface area contributed by atoms with Gasteiger partial charge in [0, 0.05) is 24.8 Å². The third-order valence-electron chi connectivity index (χ3n) is 2.72. The summed E-state index contributed by atoms with van der Waals surface area (Å²) >= 11 is 6.01. The average Bonchev–Trinajstić information content (AvgIpc) is 2.30. The number of hydrogen-bond acceptors (Lipinski definition) is 4. The Labute approximate surface area is 106 Å². The first-order valence-electron chi connectivity index (χ1n) is 5.63. The number of nitrogen functional groups attached to an aromatic ring is 1. The lowest BCUT2D eigenvalue weighted by molar-refractivity contribution is -0.0403. The molecule has 17 heavy (non-hydrogen) atoms. The highest BCUT2D eigenvalue weighted by atomic mass is 35.5. The van der Waals surface area contributed by atoms with Crippen LogP contribution in [0.1, 0.15) is 0 Å². The second-order valence-electron chi connectivity index (χ2n) is 4.26. The zero-order valence-electron chi connectivity index (χ0n) is 9.86. The minimum atomic E-state index is 0.0891. The van der Waals surface area contributed by atoms with Crippen LogP contribution in [0.2, 0.25) is 5.02 Å². The van der Waals surface area contributed by atoms with E-state index in [0.717, 1.165) is 19.7 Å². The Morgan fingerprint density at radius 1 is 1.59 bits per heavy atom. The molecule has 1 heterocycles. The number of nitrogens with zero attached hydrogens (tertiary/aromatic N) is 1. The number of halogens is 1. The molecule has 1 aromatic carbocycles. The van der Waals surface area contributed by atoms with Gasteiger partial charge in [-0.2, -0.15) is 0 Å². The molecule has 1 saturated heterocycles. The van der Waals surface area contributed by atoms with Crippen molar-refractivity contribution in [2.75, 3.05) is 39.1 Å². The zero-order chi connectivity index (χ0) is 12.3. The monoisotopic (exact) mass is 256 g/mol. The molecule has 94 valence electrons. The van der Waals surface area contributed by atoms with Crippen LogP contribution >= 0.6 is 11.6 Å². The Morgan fingerprint density at radius 2 is 2.41 bits per heavy atom. The van der Waals surface area contributed by atoms with Gasteiger partial charge in [0.15, 0.2) is 0 Å². The molecule has 0 spiro atoms. The normalized spacial score (nSPS) is 21.4. The van der Waals surface area contributed by atoms with Crippen LogP contribution in [-0.4, -0.2) is 44.4 Å². The van der Waals surface area contributed by atoms with Gasteiger partial charge in [-0.1, -0.05) is 11.6 Å². The highest BCUT2D eigenvalue weighted by Gasteiger charge is 2.18. The molecule has 0 bridgehead atoms. The van der Waals surface area contributed by atoms with Gasteiger partial charge >= 0.3 is 0 Å². The van der Waals surface area contributed by atoms with Crippen LogP contribution in [0.25, 0.3) is 0 Å². The summed E-state index contributed by atoms with van der Waals surface area (Å²) in [7, 11) is 2.07. The predicted molar refractivity (Wildman–Crippen MR) is 68.6 cm³/mol. The van der Waals surface area contributed by atoms with Gasteiger partial charge in [0.25, 0.3) is 0 Å². The molecule has 0 radical (unpaired) electrons. The summed E-state index contributed by atoms with van der Waals surface area (Å²) in [6, 6.07) is 5.22. The van der Waals surface area contributed by atoms with Crippen molar-refractivity contribution in [1.29, 1.82) is 0 Å². The Balaban J connectivity index is 1.90.